The van der Waals surface area contributed by atoms with Crippen LogP contribution >= 0.6 is 23.2 Å². The van der Waals surface area contributed by atoms with Gasteiger partial charge in [0, 0.05) is 6.04 Å². The Morgan fingerprint density at radius 2 is 1.70 bits per heavy atom. The number of benzene rings is 1. The van der Waals surface area contributed by atoms with Gasteiger partial charge in [0.2, 0.25) is 11.8 Å². The first kappa shape index (κ1) is 18.0. The van der Waals surface area contributed by atoms with Gasteiger partial charge in [-0.1, -0.05) is 42.1 Å². The molecule has 0 heterocycles. The van der Waals surface area contributed by atoms with E-state index < -0.39 is 0 Å². The monoisotopic (exact) mass is 357 g/mol. The fourth-order valence-corrected chi connectivity index (χ4v) is 3.18. The third-order valence-corrected chi connectivity index (χ3v) is 4.40. The maximum absolute atomic E-state index is 12.1. The standard InChI is InChI=1S/C16H21Cl2N3O2/c1-21(9-14(22)19-11-5-2-3-6-11)10-15(23)20-16-12(17)7-4-8-13(16)18/h4,7-8,11H,2-3,5-6,9-10H2,1H3,(H,19,22)(H,20,23). The summed E-state index contributed by atoms with van der Waals surface area (Å²) in [5.41, 5.74) is 0.393. The lowest BCUT2D eigenvalue weighted by molar-refractivity contribution is -0.123. The molecule has 126 valence electrons. The number of amides is 2. The Morgan fingerprint density at radius 1 is 1.13 bits per heavy atom. The first-order valence-corrected chi connectivity index (χ1v) is 8.43. The quantitative estimate of drug-likeness (QED) is 0.822. The molecular formula is C16H21Cl2N3O2. The van der Waals surface area contributed by atoms with Crippen LogP contribution in [-0.2, 0) is 9.59 Å². The Labute approximate surface area is 146 Å². The molecule has 1 fully saturated rings. The summed E-state index contributed by atoms with van der Waals surface area (Å²) < 4.78 is 0. The molecule has 1 aromatic rings. The fourth-order valence-electron chi connectivity index (χ4n) is 2.69. The minimum absolute atomic E-state index is 0.0528. The van der Waals surface area contributed by atoms with Crippen LogP contribution in [0.3, 0.4) is 0 Å². The van der Waals surface area contributed by atoms with Crippen molar-refractivity contribution in [2.45, 2.75) is 31.7 Å². The van der Waals surface area contributed by atoms with Gasteiger partial charge in [-0.2, -0.15) is 0 Å². The molecule has 0 saturated heterocycles. The number of halogens is 2. The number of carbonyl (C=O) groups is 2. The van der Waals surface area contributed by atoms with E-state index in [0.29, 0.717) is 15.7 Å². The maximum atomic E-state index is 12.1. The highest BCUT2D eigenvalue weighted by atomic mass is 35.5. The number of nitrogens with zero attached hydrogens (tertiary/aromatic N) is 1. The number of rotatable bonds is 6. The fraction of sp³-hybridized carbons (Fsp3) is 0.500. The van der Waals surface area contributed by atoms with Crippen molar-refractivity contribution in [1.82, 2.24) is 10.2 Å². The second-order valence-corrected chi connectivity index (χ2v) is 6.68. The van der Waals surface area contributed by atoms with Gasteiger partial charge in [0.1, 0.15) is 0 Å². The predicted octanol–water partition coefficient (Wildman–Crippen LogP) is 2.92. The molecule has 23 heavy (non-hydrogen) atoms. The molecule has 0 unspecified atom stereocenters. The van der Waals surface area contributed by atoms with E-state index in [4.69, 9.17) is 23.2 Å². The van der Waals surface area contributed by atoms with Crippen LogP contribution in [-0.4, -0.2) is 42.9 Å². The lowest BCUT2D eigenvalue weighted by Gasteiger charge is -2.18. The minimum Gasteiger partial charge on any atom is -0.352 e. The third kappa shape index (κ3) is 5.68. The first-order chi connectivity index (χ1) is 11.0. The lowest BCUT2D eigenvalue weighted by Crippen LogP contribution is -2.42. The van der Waals surface area contributed by atoms with Crippen LogP contribution in [0.25, 0.3) is 0 Å². The molecule has 2 N–H and O–H groups in total. The zero-order chi connectivity index (χ0) is 16.8. The molecule has 5 nitrogen and oxygen atoms in total. The van der Waals surface area contributed by atoms with Gasteiger partial charge in [0.05, 0.1) is 28.8 Å². The van der Waals surface area contributed by atoms with Crippen molar-refractivity contribution in [2.75, 3.05) is 25.5 Å². The van der Waals surface area contributed by atoms with Gasteiger partial charge < -0.3 is 10.6 Å². The van der Waals surface area contributed by atoms with Gasteiger partial charge in [-0.15, -0.1) is 0 Å². The van der Waals surface area contributed by atoms with Crippen molar-refractivity contribution < 1.29 is 9.59 Å². The summed E-state index contributed by atoms with van der Waals surface area (Å²) in [6.07, 6.45) is 4.42. The van der Waals surface area contributed by atoms with Crippen molar-refractivity contribution in [3.63, 3.8) is 0 Å². The van der Waals surface area contributed by atoms with E-state index in [0.717, 1.165) is 12.8 Å². The second-order valence-electron chi connectivity index (χ2n) is 5.87. The number of para-hydroxylation sites is 1. The Morgan fingerprint density at radius 3 is 2.30 bits per heavy atom. The summed E-state index contributed by atoms with van der Waals surface area (Å²) in [5, 5.41) is 6.44. The van der Waals surface area contributed by atoms with E-state index in [1.54, 1.807) is 30.1 Å². The SMILES string of the molecule is CN(CC(=O)Nc1c(Cl)cccc1Cl)CC(=O)NC1CCCC1. The molecular weight excluding hydrogens is 337 g/mol. The lowest BCUT2D eigenvalue weighted by atomic mass is 10.2. The highest BCUT2D eigenvalue weighted by molar-refractivity contribution is 6.39. The molecule has 2 amide bonds. The van der Waals surface area contributed by atoms with Crippen LogP contribution in [0.2, 0.25) is 10.0 Å². The molecule has 1 saturated carbocycles. The summed E-state index contributed by atoms with van der Waals surface area (Å²) in [4.78, 5) is 25.6. The summed E-state index contributed by atoms with van der Waals surface area (Å²) in [5.74, 6) is -0.320. The number of carbonyl (C=O) groups excluding carboxylic acids is 2. The average molecular weight is 358 g/mol. The van der Waals surface area contributed by atoms with E-state index in [-0.39, 0.29) is 30.9 Å². The third-order valence-electron chi connectivity index (χ3n) is 3.77. The molecule has 0 aromatic heterocycles. The molecule has 1 aromatic carbocycles. The molecule has 1 aliphatic carbocycles. The highest BCUT2D eigenvalue weighted by Gasteiger charge is 2.18. The van der Waals surface area contributed by atoms with Gasteiger partial charge in [-0.05, 0) is 32.0 Å². The molecule has 0 atom stereocenters. The number of hydrogen-bond donors (Lipinski definition) is 2. The molecule has 2 rings (SSSR count). The zero-order valence-electron chi connectivity index (χ0n) is 13.1. The number of likely N-dealkylation sites (N-methyl/N-ethyl adjacent to an activating group) is 1. The molecule has 0 bridgehead atoms. The summed E-state index contributed by atoms with van der Waals surface area (Å²) in [7, 11) is 1.72. The largest absolute Gasteiger partial charge is 0.352 e. The van der Waals surface area contributed by atoms with Crippen LogP contribution in [0.4, 0.5) is 5.69 Å². The number of hydrogen-bond acceptors (Lipinski definition) is 3. The Balaban J connectivity index is 1.79. The van der Waals surface area contributed by atoms with Gasteiger partial charge in [0.15, 0.2) is 0 Å². The summed E-state index contributed by atoms with van der Waals surface area (Å²) in [6.45, 7) is 0.264. The van der Waals surface area contributed by atoms with Crippen molar-refractivity contribution >= 4 is 40.7 Å². The Bertz CT molecular complexity index is 554. The highest BCUT2D eigenvalue weighted by Crippen LogP contribution is 2.29. The molecule has 0 aliphatic heterocycles. The normalized spacial score (nSPS) is 15.0. The molecule has 1 aliphatic rings. The Kier molecular flexibility index (Phi) is 6.69. The van der Waals surface area contributed by atoms with Gasteiger partial charge in [0.25, 0.3) is 0 Å². The maximum Gasteiger partial charge on any atom is 0.238 e. The van der Waals surface area contributed by atoms with Crippen molar-refractivity contribution in [3.8, 4) is 0 Å². The first-order valence-electron chi connectivity index (χ1n) is 7.67. The van der Waals surface area contributed by atoms with Gasteiger partial charge in [-0.25, -0.2) is 0 Å². The number of nitrogens with one attached hydrogen (secondary N) is 2. The summed E-state index contributed by atoms with van der Waals surface area (Å²) >= 11 is 12.0. The van der Waals surface area contributed by atoms with E-state index in [2.05, 4.69) is 10.6 Å². The van der Waals surface area contributed by atoms with Crippen LogP contribution in [0, 0.1) is 0 Å². The van der Waals surface area contributed by atoms with E-state index >= 15 is 0 Å². The van der Waals surface area contributed by atoms with Crippen LogP contribution in [0.15, 0.2) is 18.2 Å². The van der Waals surface area contributed by atoms with Gasteiger partial charge >= 0.3 is 0 Å². The molecule has 7 heteroatoms. The molecule has 0 radical (unpaired) electrons. The van der Waals surface area contributed by atoms with Crippen LogP contribution in [0.1, 0.15) is 25.7 Å². The second kappa shape index (κ2) is 8.52. The van der Waals surface area contributed by atoms with Crippen molar-refractivity contribution in [1.29, 1.82) is 0 Å². The topological polar surface area (TPSA) is 61.4 Å². The Hall–Kier alpha value is -1.30. The zero-order valence-corrected chi connectivity index (χ0v) is 14.6. The van der Waals surface area contributed by atoms with E-state index in [1.807, 2.05) is 0 Å². The van der Waals surface area contributed by atoms with Crippen molar-refractivity contribution in [3.05, 3.63) is 28.2 Å². The van der Waals surface area contributed by atoms with E-state index in [1.165, 1.54) is 12.8 Å². The number of anilines is 1. The van der Waals surface area contributed by atoms with Crippen LogP contribution < -0.4 is 10.6 Å². The molecule has 0 spiro atoms. The van der Waals surface area contributed by atoms with Crippen LogP contribution in [0.5, 0.6) is 0 Å². The average Bonchev–Trinajstić information content (AvgIpc) is 2.95. The van der Waals surface area contributed by atoms with E-state index in [9.17, 15) is 9.59 Å². The summed E-state index contributed by atoms with van der Waals surface area (Å²) in [6, 6.07) is 5.30. The predicted molar refractivity (Wildman–Crippen MR) is 93.0 cm³/mol. The minimum atomic E-state index is -0.267. The van der Waals surface area contributed by atoms with Crippen molar-refractivity contribution in [2.24, 2.45) is 0 Å². The van der Waals surface area contributed by atoms with Gasteiger partial charge in [-0.3, -0.25) is 14.5 Å². The smallest absolute Gasteiger partial charge is 0.238 e.